The molecule has 10 nitrogen and oxygen atoms in total. The summed E-state index contributed by atoms with van der Waals surface area (Å²) in [7, 11) is 0.965. The van der Waals surface area contributed by atoms with Crippen molar-refractivity contribution < 1.29 is 28.3 Å². The maximum atomic E-state index is 13.4. The van der Waals surface area contributed by atoms with Crippen LogP contribution >= 0.6 is 0 Å². The molecular formula is C16H16F2N6O4. The summed E-state index contributed by atoms with van der Waals surface area (Å²) in [4.78, 5) is 24.2. The van der Waals surface area contributed by atoms with Gasteiger partial charge in [-0.05, 0) is 42.3 Å². The van der Waals surface area contributed by atoms with Crippen molar-refractivity contribution in [2.45, 2.75) is 25.0 Å². The summed E-state index contributed by atoms with van der Waals surface area (Å²) in [5.41, 5.74) is -0.506. The van der Waals surface area contributed by atoms with Crippen LogP contribution in [0.25, 0.3) is 0 Å². The smallest absolute Gasteiger partial charge is 0.269 e. The van der Waals surface area contributed by atoms with Gasteiger partial charge in [0.2, 0.25) is 5.82 Å². The van der Waals surface area contributed by atoms with Crippen molar-refractivity contribution in [1.82, 2.24) is 31.4 Å². The lowest BCUT2D eigenvalue weighted by Gasteiger charge is -2.34. The number of aromatic amines is 1. The number of hydrogen-bond donors (Lipinski definition) is 4. The molecule has 0 bridgehead atoms. The Balaban J connectivity index is 2.18. The molecule has 1 unspecified atom stereocenters. The van der Waals surface area contributed by atoms with E-state index in [0.29, 0.717) is 5.56 Å². The third-order valence-electron chi connectivity index (χ3n) is 3.91. The summed E-state index contributed by atoms with van der Waals surface area (Å²) in [6.07, 6.45) is -3.12. The summed E-state index contributed by atoms with van der Waals surface area (Å²) >= 11 is 0. The summed E-state index contributed by atoms with van der Waals surface area (Å²) in [5, 5.41) is 23.9. The van der Waals surface area contributed by atoms with Crippen LogP contribution in [0.2, 0.25) is 0 Å². The molecule has 0 saturated heterocycles. The van der Waals surface area contributed by atoms with Crippen molar-refractivity contribution in [1.29, 1.82) is 0 Å². The molecule has 12 heteroatoms. The van der Waals surface area contributed by atoms with Crippen LogP contribution in [0, 0.1) is 11.8 Å². The van der Waals surface area contributed by atoms with Crippen LogP contribution in [-0.4, -0.2) is 62.8 Å². The number of nitrogens with zero attached hydrogens (tertiary/aromatic N) is 3. The molecule has 0 spiro atoms. The van der Waals surface area contributed by atoms with Gasteiger partial charge >= 0.3 is 0 Å². The minimum atomic E-state index is -3.12. The molecule has 2 rings (SSSR count). The first kappa shape index (κ1) is 20.9. The van der Waals surface area contributed by atoms with E-state index in [9.17, 15) is 18.4 Å². The van der Waals surface area contributed by atoms with E-state index in [1.54, 1.807) is 0 Å². The van der Waals surface area contributed by atoms with Crippen molar-refractivity contribution in [3.05, 3.63) is 41.2 Å². The second kappa shape index (κ2) is 8.98. The summed E-state index contributed by atoms with van der Waals surface area (Å²) < 4.78 is 31.5. The molecule has 0 aliphatic rings. The molecule has 0 fully saturated rings. The fourth-order valence-electron chi connectivity index (χ4n) is 2.13. The van der Waals surface area contributed by atoms with E-state index in [0.717, 1.165) is 14.0 Å². The van der Waals surface area contributed by atoms with Crippen LogP contribution in [0.3, 0.4) is 0 Å². The highest BCUT2D eigenvalue weighted by Crippen LogP contribution is 2.24. The van der Waals surface area contributed by atoms with Crippen molar-refractivity contribution in [2.24, 2.45) is 0 Å². The van der Waals surface area contributed by atoms with E-state index < -0.39 is 29.9 Å². The maximum absolute atomic E-state index is 13.4. The van der Waals surface area contributed by atoms with E-state index in [-0.39, 0.29) is 11.4 Å². The van der Waals surface area contributed by atoms with Gasteiger partial charge in [0.25, 0.3) is 18.2 Å². The predicted octanol–water partition coefficient (Wildman–Crippen LogP) is -0.127. The molecule has 1 aromatic carbocycles. The molecule has 4 N–H and O–H groups in total. The van der Waals surface area contributed by atoms with Gasteiger partial charge in [-0.25, -0.2) is 14.3 Å². The van der Waals surface area contributed by atoms with Gasteiger partial charge < -0.3 is 10.1 Å². The zero-order valence-corrected chi connectivity index (χ0v) is 14.7. The highest BCUT2D eigenvalue weighted by Gasteiger charge is 2.48. The Hall–Kier alpha value is -3.43. The number of rotatable bonds is 6. The number of hydroxylamine groups is 1. The number of methoxy groups -OCH3 is 1. The minimum absolute atomic E-state index is 0.0774. The Labute approximate surface area is 157 Å². The predicted molar refractivity (Wildman–Crippen MR) is 89.2 cm³/mol. The van der Waals surface area contributed by atoms with Crippen molar-refractivity contribution in [2.75, 3.05) is 7.11 Å². The molecule has 0 radical (unpaired) electrons. The number of tetrazole rings is 1. The van der Waals surface area contributed by atoms with Crippen molar-refractivity contribution >= 4 is 11.8 Å². The quantitative estimate of drug-likeness (QED) is 0.304. The third kappa shape index (κ3) is 4.64. The average Bonchev–Trinajstić information content (AvgIpc) is 3.23. The van der Waals surface area contributed by atoms with Gasteiger partial charge in [-0.3, -0.25) is 14.8 Å². The highest BCUT2D eigenvalue weighted by molar-refractivity contribution is 5.97. The van der Waals surface area contributed by atoms with E-state index in [1.165, 1.54) is 29.7 Å². The van der Waals surface area contributed by atoms with Gasteiger partial charge in [-0.1, -0.05) is 11.0 Å². The fraction of sp³-hybridized carbons (Fsp3) is 0.312. The van der Waals surface area contributed by atoms with E-state index in [1.807, 2.05) is 0 Å². The topological polar surface area (TPSA) is 142 Å². The van der Waals surface area contributed by atoms with Gasteiger partial charge in [0.15, 0.2) is 5.60 Å². The SMILES string of the molecule is COC(C)(C(F)F)[C@H](NC(=O)c1ccc(C#Cc2nn[nH]n2)cc1)C(=O)NO. The van der Waals surface area contributed by atoms with Gasteiger partial charge in [-0.15, -0.1) is 5.10 Å². The number of carbonyl (C=O) groups excluding carboxylic acids is 2. The van der Waals surface area contributed by atoms with Crippen LogP contribution in [-0.2, 0) is 9.53 Å². The lowest BCUT2D eigenvalue weighted by atomic mass is 9.95. The Bertz CT molecular complexity index is 879. The van der Waals surface area contributed by atoms with Crippen LogP contribution in [0.15, 0.2) is 24.3 Å². The van der Waals surface area contributed by atoms with Gasteiger partial charge in [0.1, 0.15) is 6.04 Å². The number of halogens is 2. The molecule has 1 heterocycles. The number of alkyl halides is 2. The number of H-pyrrole nitrogens is 1. The van der Waals surface area contributed by atoms with Crippen LogP contribution in [0.1, 0.15) is 28.7 Å². The number of ether oxygens (including phenoxy) is 1. The normalized spacial score (nSPS) is 13.8. The number of hydrogen-bond acceptors (Lipinski definition) is 7. The second-order valence-corrected chi connectivity index (χ2v) is 5.63. The summed E-state index contributed by atoms with van der Waals surface area (Å²) in [5.74, 6) is 3.50. The van der Waals surface area contributed by atoms with E-state index in [2.05, 4.69) is 37.8 Å². The zero-order chi connectivity index (χ0) is 20.7. The number of amides is 2. The molecule has 2 amide bonds. The molecular weight excluding hydrogens is 378 g/mol. The maximum Gasteiger partial charge on any atom is 0.269 e. The Kier molecular flexibility index (Phi) is 6.69. The lowest BCUT2D eigenvalue weighted by Crippen LogP contribution is -2.62. The first-order valence-electron chi connectivity index (χ1n) is 7.75. The molecule has 28 heavy (non-hydrogen) atoms. The highest BCUT2D eigenvalue weighted by atomic mass is 19.3. The first-order chi connectivity index (χ1) is 13.3. The number of benzene rings is 1. The molecule has 2 atom stereocenters. The Morgan fingerprint density at radius 2 is 1.96 bits per heavy atom. The van der Waals surface area contributed by atoms with Crippen molar-refractivity contribution in [3.63, 3.8) is 0 Å². The summed E-state index contributed by atoms with van der Waals surface area (Å²) in [6, 6.07) is 3.93. The van der Waals surface area contributed by atoms with E-state index >= 15 is 0 Å². The number of nitrogens with one attached hydrogen (secondary N) is 3. The Morgan fingerprint density at radius 1 is 1.29 bits per heavy atom. The Morgan fingerprint density at radius 3 is 2.46 bits per heavy atom. The zero-order valence-electron chi connectivity index (χ0n) is 14.7. The number of carbonyl (C=O) groups is 2. The monoisotopic (exact) mass is 394 g/mol. The van der Waals surface area contributed by atoms with Gasteiger partial charge in [-0.2, -0.15) is 5.21 Å². The van der Waals surface area contributed by atoms with Gasteiger partial charge in [0, 0.05) is 18.2 Å². The van der Waals surface area contributed by atoms with E-state index in [4.69, 9.17) is 9.94 Å². The molecule has 148 valence electrons. The second-order valence-electron chi connectivity index (χ2n) is 5.63. The largest absolute Gasteiger partial charge is 0.370 e. The van der Waals surface area contributed by atoms with Crippen LogP contribution in [0.4, 0.5) is 8.78 Å². The van der Waals surface area contributed by atoms with Crippen LogP contribution < -0.4 is 10.8 Å². The summed E-state index contributed by atoms with van der Waals surface area (Å²) in [6.45, 7) is 0.939. The lowest BCUT2D eigenvalue weighted by molar-refractivity contribution is -0.157. The molecule has 0 aliphatic heterocycles. The third-order valence-corrected chi connectivity index (χ3v) is 3.91. The molecule has 0 saturated carbocycles. The molecule has 2 aromatic rings. The molecule has 0 aliphatic carbocycles. The standard InChI is InChI=1S/C16H16F2N6O4/c1-16(28-2,15(17)18)12(14(26)22-27)19-13(25)10-6-3-9(4-7-10)5-8-11-20-23-24-21-11/h3-4,6-7,12,15,27H,1-2H3,(H,19,25)(H,22,26)(H,20,21,23,24)/t12-,16?/m1/s1. The van der Waals surface area contributed by atoms with Crippen LogP contribution in [0.5, 0.6) is 0 Å². The number of aromatic nitrogens is 4. The average molecular weight is 394 g/mol. The minimum Gasteiger partial charge on any atom is -0.370 e. The van der Waals surface area contributed by atoms with Crippen molar-refractivity contribution in [3.8, 4) is 11.8 Å². The molecule has 1 aromatic heterocycles. The van der Waals surface area contributed by atoms with Gasteiger partial charge in [0.05, 0.1) is 0 Å². The fourth-order valence-corrected chi connectivity index (χ4v) is 2.13. The first-order valence-corrected chi connectivity index (χ1v) is 7.75.